The molecule has 0 aromatic heterocycles. The van der Waals surface area contributed by atoms with Gasteiger partial charge in [-0.25, -0.2) is 0 Å². The number of ether oxygens (including phenoxy) is 1. The van der Waals surface area contributed by atoms with Crippen LogP contribution >= 0.6 is 0 Å². The average Bonchev–Trinajstić information content (AvgIpc) is 3.29. The average molecular weight is 451 g/mol. The lowest BCUT2D eigenvalue weighted by Gasteiger charge is -2.18. The van der Waals surface area contributed by atoms with Crippen LogP contribution in [0.3, 0.4) is 0 Å². The Labute approximate surface area is 202 Å². The third-order valence-electron chi connectivity index (χ3n) is 7.49. The monoisotopic (exact) mass is 450 g/mol. The summed E-state index contributed by atoms with van der Waals surface area (Å²) in [5, 5.41) is 0. The molecule has 0 saturated heterocycles. The van der Waals surface area contributed by atoms with Gasteiger partial charge < -0.3 is 4.74 Å². The van der Waals surface area contributed by atoms with Crippen molar-refractivity contribution in [2.24, 2.45) is 5.92 Å². The minimum absolute atomic E-state index is 0.0912. The number of carbonyl (C=O) groups excluding carboxylic acids is 1. The van der Waals surface area contributed by atoms with Crippen molar-refractivity contribution in [1.29, 1.82) is 0 Å². The first kappa shape index (κ1) is 29.5. The Kier molecular flexibility index (Phi) is 20.5. The molecule has 0 amide bonds. The normalized spacial score (nSPS) is 15.3. The molecule has 1 atom stereocenters. The van der Waals surface area contributed by atoms with Crippen molar-refractivity contribution in [3.05, 3.63) is 0 Å². The molecule has 0 N–H and O–H groups in total. The van der Waals surface area contributed by atoms with E-state index in [9.17, 15) is 4.79 Å². The van der Waals surface area contributed by atoms with E-state index in [0.717, 1.165) is 12.8 Å². The summed E-state index contributed by atoms with van der Waals surface area (Å²) >= 11 is 0. The Morgan fingerprint density at radius 2 is 1.00 bits per heavy atom. The molecule has 0 aromatic rings. The van der Waals surface area contributed by atoms with Crippen LogP contribution in [-0.2, 0) is 9.53 Å². The summed E-state index contributed by atoms with van der Waals surface area (Å²) in [6.45, 7) is 4.57. The fourth-order valence-electron chi connectivity index (χ4n) is 5.31. The molecule has 0 bridgehead atoms. The number of unbranched alkanes of at least 4 members (excludes halogenated alkanes) is 16. The summed E-state index contributed by atoms with van der Waals surface area (Å²) in [4.78, 5) is 12.5. The zero-order valence-corrected chi connectivity index (χ0v) is 22.1. The van der Waals surface area contributed by atoms with Gasteiger partial charge in [0.15, 0.2) is 0 Å². The Morgan fingerprint density at radius 1 is 0.625 bits per heavy atom. The number of rotatable bonds is 23. The predicted molar refractivity (Wildman–Crippen MR) is 140 cm³/mol. The van der Waals surface area contributed by atoms with Gasteiger partial charge in [0.05, 0.1) is 0 Å². The van der Waals surface area contributed by atoms with Crippen LogP contribution in [0.15, 0.2) is 0 Å². The van der Waals surface area contributed by atoms with Crippen molar-refractivity contribution in [3.8, 4) is 0 Å². The first-order chi connectivity index (χ1) is 15.8. The second-order valence-corrected chi connectivity index (χ2v) is 10.7. The summed E-state index contributed by atoms with van der Waals surface area (Å²) < 4.78 is 5.78. The predicted octanol–water partition coefficient (Wildman–Crippen LogP) is 10.3. The molecule has 190 valence electrons. The van der Waals surface area contributed by atoms with Gasteiger partial charge in [-0.1, -0.05) is 129 Å². The number of carbonyl (C=O) groups is 1. The largest absolute Gasteiger partial charge is 0.462 e. The van der Waals surface area contributed by atoms with E-state index in [1.54, 1.807) is 0 Å². The molecule has 0 radical (unpaired) electrons. The Bertz CT molecular complexity index is 400. The molecule has 1 saturated carbocycles. The topological polar surface area (TPSA) is 26.3 Å². The first-order valence-corrected chi connectivity index (χ1v) is 15.0. The van der Waals surface area contributed by atoms with E-state index < -0.39 is 0 Å². The zero-order valence-electron chi connectivity index (χ0n) is 22.1. The molecule has 32 heavy (non-hydrogen) atoms. The molecule has 2 nitrogen and oxygen atoms in total. The van der Waals surface area contributed by atoms with Gasteiger partial charge in [0, 0.05) is 6.42 Å². The number of hydrogen-bond donors (Lipinski definition) is 0. The van der Waals surface area contributed by atoms with E-state index in [-0.39, 0.29) is 12.1 Å². The van der Waals surface area contributed by atoms with E-state index in [1.807, 2.05) is 0 Å². The highest BCUT2D eigenvalue weighted by Crippen LogP contribution is 2.26. The smallest absolute Gasteiger partial charge is 0.306 e. The van der Waals surface area contributed by atoms with Crippen LogP contribution in [0.1, 0.15) is 174 Å². The summed E-state index contributed by atoms with van der Waals surface area (Å²) in [6, 6.07) is 0. The molecule has 1 rings (SSSR count). The summed E-state index contributed by atoms with van der Waals surface area (Å²) in [5.41, 5.74) is 0. The maximum absolute atomic E-state index is 12.5. The highest BCUT2D eigenvalue weighted by atomic mass is 16.5. The van der Waals surface area contributed by atoms with Crippen molar-refractivity contribution in [2.45, 2.75) is 180 Å². The molecule has 0 heterocycles. The lowest BCUT2D eigenvalue weighted by atomic mass is 9.91. The molecule has 0 aromatic carbocycles. The lowest BCUT2D eigenvalue weighted by molar-refractivity contribution is -0.150. The van der Waals surface area contributed by atoms with Crippen molar-refractivity contribution < 1.29 is 9.53 Å². The fraction of sp³-hybridized carbons (Fsp3) is 0.967. The Balaban J connectivity index is 2.15. The van der Waals surface area contributed by atoms with Crippen LogP contribution < -0.4 is 0 Å². The van der Waals surface area contributed by atoms with Crippen LogP contribution in [0.4, 0.5) is 0 Å². The van der Waals surface area contributed by atoms with Crippen molar-refractivity contribution in [2.75, 3.05) is 0 Å². The molecule has 1 fully saturated rings. The highest BCUT2D eigenvalue weighted by Gasteiger charge is 2.21. The van der Waals surface area contributed by atoms with E-state index in [4.69, 9.17) is 4.74 Å². The van der Waals surface area contributed by atoms with Crippen molar-refractivity contribution in [3.63, 3.8) is 0 Å². The van der Waals surface area contributed by atoms with Crippen molar-refractivity contribution >= 4 is 5.97 Å². The first-order valence-electron chi connectivity index (χ1n) is 15.0. The van der Waals surface area contributed by atoms with Crippen LogP contribution in [0.5, 0.6) is 0 Å². The second-order valence-electron chi connectivity index (χ2n) is 10.7. The zero-order chi connectivity index (χ0) is 23.1. The van der Waals surface area contributed by atoms with E-state index >= 15 is 0 Å². The number of hydrogen-bond acceptors (Lipinski definition) is 2. The van der Waals surface area contributed by atoms with Gasteiger partial charge in [0.25, 0.3) is 0 Å². The minimum atomic E-state index is 0.0912. The third-order valence-corrected chi connectivity index (χ3v) is 7.49. The van der Waals surface area contributed by atoms with Gasteiger partial charge in [-0.15, -0.1) is 0 Å². The molecule has 0 spiro atoms. The minimum Gasteiger partial charge on any atom is -0.462 e. The molecule has 1 aliphatic rings. The molecule has 0 aliphatic heterocycles. The van der Waals surface area contributed by atoms with Gasteiger partial charge in [-0.3, -0.25) is 4.79 Å². The van der Waals surface area contributed by atoms with Crippen molar-refractivity contribution in [1.82, 2.24) is 0 Å². The molecular formula is C30H58O2. The van der Waals surface area contributed by atoms with Crippen LogP contribution in [0.2, 0.25) is 0 Å². The van der Waals surface area contributed by atoms with Gasteiger partial charge in [-0.05, 0) is 44.4 Å². The summed E-state index contributed by atoms with van der Waals surface area (Å²) in [6.07, 6.45) is 32.8. The summed E-state index contributed by atoms with van der Waals surface area (Å²) in [7, 11) is 0. The molecule has 1 unspecified atom stereocenters. The Hall–Kier alpha value is -0.530. The van der Waals surface area contributed by atoms with E-state index in [1.165, 1.54) is 141 Å². The highest BCUT2D eigenvalue weighted by molar-refractivity contribution is 5.69. The lowest BCUT2D eigenvalue weighted by Crippen LogP contribution is -2.18. The van der Waals surface area contributed by atoms with E-state index in [0.29, 0.717) is 12.3 Å². The third kappa shape index (κ3) is 18.0. The standard InChI is InChI=1S/C30H58O2/c1-3-5-7-9-11-13-14-16-18-20-24-28(23-19-17-15-12-10-8-6-4-2)27-30(31)32-29-25-21-22-26-29/h28-29H,3-27H2,1-2H3. The van der Waals surface area contributed by atoms with Gasteiger partial charge in [0.1, 0.15) is 6.10 Å². The molecular weight excluding hydrogens is 392 g/mol. The molecule has 2 heteroatoms. The quantitative estimate of drug-likeness (QED) is 0.114. The van der Waals surface area contributed by atoms with Gasteiger partial charge >= 0.3 is 5.97 Å². The SMILES string of the molecule is CCCCCCCCCCCCC(CCCCCCCCCC)CC(=O)OC1CCCC1. The van der Waals surface area contributed by atoms with Crippen LogP contribution in [0.25, 0.3) is 0 Å². The number of esters is 1. The maximum atomic E-state index is 12.5. The summed E-state index contributed by atoms with van der Waals surface area (Å²) in [5.74, 6) is 0.645. The van der Waals surface area contributed by atoms with Gasteiger partial charge in [-0.2, -0.15) is 0 Å². The van der Waals surface area contributed by atoms with Gasteiger partial charge in [0.2, 0.25) is 0 Å². The van der Waals surface area contributed by atoms with Crippen LogP contribution in [-0.4, -0.2) is 12.1 Å². The Morgan fingerprint density at radius 3 is 1.41 bits per heavy atom. The van der Waals surface area contributed by atoms with Crippen LogP contribution in [0, 0.1) is 5.92 Å². The maximum Gasteiger partial charge on any atom is 0.306 e. The fourth-order valence-corrected chi connectivity index (χ4v) is 5.31. The van der Waals surface area contributed by atoms with E-state index in [2.05, 4.69) is 13.8 Å². The second kappa shape index (κ2) is 22.3. The molecule has 1 aliphatic carbocycles.